The number of amides is 1. The van der Waals surface area contributed by atoms with Crippen LogP contribution in [0.5, 0.6) is 0 Å². The second-order valence-corrected chi connectivity index (χ2v) is 7.91. The molecule has 0 aliphatic heterocycles. The Balaban J connectivity index is 3.34. The SMILES string of the molecule is CCC(C)N(CC)C(=O)c1cc(S(=O)(=O)Cl)cn1C(C)C. The predicted octanol–water partition coefficient (Wildman–Crippen LogP) is 3.26. The highest BCUT2D eigenvalue weighted by Crippen LogP contribution is 2.23. The minimum atomic E-state index is -3.85. The molecule has 0 fully saturated rings. The van der Waals surface area contributed by atoms with E-state index in [0.29, 0.717) is 12.2 Å². The van der Waals surface area contributed by atoms with Gasteiger partial charge < -0.3 is 9.47 Å². The van der Waals surface area contributed by atoms with Gasteiger partial charge in [-0.15, -0.1) is 0 Å². The highest BCUT2D eigenvalue weighted by Gasteiger charge is 2.26. The van der Waals surface area contributed by atoms with Crippen molar-refractivity contribution in [3.63, 3.8) is 0 Å². The molecule has 0 radical (unpaired) electrons. The molecule has 1 aromatic rings. The van der Waals surface area contributed by atoms with Crippen LogP contribution in [0.15, 0.2) is 17.2 Å². The van der Waals surface area contributed by atoms with E-state index in [4.69, 9.17) is 10.7 Å². The van der Waals surface area contributed by atoms with Crippen LogP contribution >= 0.6 is 10.7 Å². The monoisotopic (exact) mass is 334 g/mol. The minimum Gasteiger partial charge on any atom is -0.340 e. The van der Waals surface area contributed by atoms with Crippen molar-refractivity contribution in [2.45, 2.75) is 58.0 Å². The number of carbonyl (C=O) groups excluding carboxylic acids is 1. The Morgan fingerprint density at radius 1 is 1.33 bits per heavy atom. The van der Waals surface area contributed by atoms with Gasteiger partial charge in [0.15, 0.2) is 0 Å². The molecule has 0 aromatic carbocycles. The van der Waals surface area contributed by atoms with Gasteiger partial charge in [0.25, 0.3) is 15.0 Å². The Hall–Kier alpha value is -1.01. The number of carbonyl (C=O) groups is 1. The second kappa shape index (κ2) is 6.83. The number of hydrogen-bond acceptors (Lipinski definition) is 3. The third kappa shape index (κ3) is 4.01. The summed E-state index contributed by atoms with van der Waals surface area (Å²) in [6.45, 7) is 10.2. The molecule has 1 amide bonds. The molecule has 5 nitrogen and oxygen atoms in total. The number of rotatable bonds is 6. The second-order valence-electron chi connectivity index (χ2n) is 5.35. The molecular weight excluding hydrogens is 312 g/mol. The summed E-state index contributed by atoms with van der Waals surface area (Å²) in [4.78, 5) is 14.4. The summed E-state index contributed by atoms with van der Waals surface area (Å²) >= 11 is 0. The van der Waals surface area contributed by atoms with E-state index < -0.39 is 9.05 Å². The van der Waals surface area contributed by atoms with Crippen LogP contribution in [0.25, 0.3) is 0 Å². The first-order valence-electron chi connectivity index (χ1n) is 7.10. The Kier molecular flexibility index (Phi) is 5.87. The van der Waals surface area contributed by atoms with Gasteiger partial charge in [0.05, 0.1) is 0 Å². The van der Waals surface area contributed by atoms with Crippen LogP contribution in [0, 0.1) is 0 Å². The third-order valence-corrected chi connectivity index (χ3v) is 4.93. The normalized spacial score (nSPS) is 13.5. The number of hydrogen-bond donors (Lipinski definition) is 0. The molecule has 1 heterocycles. The lowest BCUT2D eigenvalue weighted by Crippen LogP contribution is -2.39. The Morgan fingerprint density at radius 3 is 2.29 bits per heavy atom. The van der Waals surface area contributed by atoms with Gasteiger partial charge >= 0.3 is 0 Å². The first-order chi connectivity index (χ1) is 9.63. The largest absolute Gasteiger partial charge is 0.340 e. The van der Waals surface area contributed by atoms with Gasteiger partial charge in [-0.2, -0.15) is 0 Å². The Morgan fingerprint density at radius 2 is 1.90 bits per heavy atom. The summed E-state index contributed by atoms with van der Waals surface area (Å²) in [5, 5.41) is 0. The molecule has 0 saturated heterocycles. The zero-order valence-electron chi connectivity index (χ0n) is 13.1. The minimum absolute atomic E-state index is 0.0354. The average Bonchev–Trinajstić information content (AvgIpc) is 2.84. The first kappa shape index (κ1) is 18.0. The van der Waals surface area contributed by atoms with Crippen molar-refractivity contribution < 1.29 is 13.2 Å². The fourth-order valence-electron chi connectivity index (χ4n) is 2.21. The molecule has 0 aliphatic rings. The van der Waals surface area contributed by atoms with Crippen LogP contribution < -0.4 is 0 Å². The molecule has 0 bridgehead atoms. The molecule has 21 heavy (non-hydrogen) atoms. The van der Waals surface area contributed by atoms with E-state index in [1.165, 1.54) is 12.3 Å². The molecule has 0 aliphatic carbocycles. The molecule has 1 unspecified atom stereocenters. The van der Waals surface area contributed by atoms with Crippen molar-refractivity contribution in [2.75, 3.05) is 6.54 Å². The van der Waals surface area contributed by atoms with Crippen LogP contribution in [0.3, 0.4) is 0 Å². The molecular formula is C14H23ClN2O3S. The molecule has 1 atom stereocenters. The van der Waals surface area contributed by atoms with Gasteiger partial charge in [-0.05, 0) is 40.2 Å². The zero-order valence-corrected chi connectivity index (χ0v) is 14.7. The maximum Gasteiger partial charge on any atom is 0.270 e. The van der Waals surface area contributed by atoms with Crippen molar-refractivity contribution in [1.29, 1.82) is 0 Å². The lowest BCUT2D eigenvalue weighted by molar-refractivity contribution is 0.0687. The van der Waals surface area contributed by atoms with Gasteiger partial charge in [0.2, 0.25) is 0 Å². The van der Waals surface area contributed by atoms with Gasteiger partial charge in [-0.1, -0.05) is 6.92 Å². The molecule has 120 valence electrons. The fraction of sp³-hybridized carbons (Fsp3) is 0.643. The number of halogens is 1. The fourth-order valence-corrected chi connectivity index (χ4v) is 2.95. The summed E-state index contributed by atoms with van der Waals surface area (Å²) in [5.74, 6) is -0.174. The van der Waals surface area contributed by atoms with E-state index in [0.717, 1.165) is 6.42 Å². The summed E-state index contributed by atoms with van der Waals surface area (Å²) in [6, 6.07) is 1.41. The zero-order chi connectivity index (χ0) is 16.4. The molecule has 0 saturated carbocycles. The third-order valence-electron chi connectivity index (χ3n) is 3.60. The van der Waals surface area contributed by atoms with Crippen LogP contribution in [-0.4, -0.2) is 36.4 Å². The topological polar surface area (TPSA) is 59.4 Å². The summed E-state index contributed by atoms with van der Waals surface area (Å²) < 4.78 is 24.7. The van der Waals surface area contributed by atoms with Crippen molar-refractivity contribution in [3.05, 3.63) is 18.0 Å². The van der Waals surface area contributed by atoms with E-state index in [-0.39, 0.29) is 22.9 Å². The highest BCUT2D eigenvalue weighted by molar-refractivity contribution is 8.13. The van der Waals surface area contributed by atoms with Gasteiger partial charge in [-0.3, -0.25) is 4.79 Å². The summed E-state index contributed by atoms with van der Waals surface area (Å²) in [5.41, 5.74) is 0.353. The Labute approximate surface area is 131 Å². The lowest BCUT2D eigenvalue weighted by Gasteiger charge is -2.28. The van der Waals surface area contributed by atoms with E-state index in [1.54, 1.807) is 9.47 Å². The standard InChI is InChI=1S/C14H23ClN2O3S/c1-6-11(5)16(7-2)14(18)13-8-12(21(15,19)20)9-17(13)10(3)4/h8-11H,6-7H2,1-5H3. The first-order valence-corrected chi connectivity index (χ1v) is 9.41. The van der Waals surface area contributed by atoms with Gasteiger partial charge in [0, 0.05) is 35.5 Å². The highest BCUT2D eigenvalue weighted by atomic mass is 35.7. The quantitative estimate of drug-likeness (QED) is 0.750. The number of nitrogens with zero attached hydrogens (tertiary/aromatic N) is 2. The van der Waals surface area contributed by atoms with Crippen LogP contribution in [-0.2, 0) is 9.05 Å². The van der Waals surface area contributed by atoms with Crippen LogP contribution in [0.4, 0.5) is 0 Å². The van der Waals surface area contributed by atoms with E-state index in [9.17, 15) is 13.2 Å². The number of aromatic nitrogens is 1. The van der Waals surface area contributed by atoms with Crippen molar-refractivity contribution >= 4 is 25.6 Å². The molecule has 1 aromatic heterocycles. The van der Waals surface area contributed by atoms with E-state index >= 15 is 0 Å². The molecule has 0 spiro atoms. The van der Waals surface area contributed by atoms with Gasteiger partial charge in [0.1, 0.15) is 10.6 Å². The Bertz CT molecular complexity index is 608. The van der Waals surface area contributed by atoms with Crippen molar-refractivity contribution in [2.24, 2.45) is 0 Å². The van der Waals surface area contributed by atoms with Crippen LogP contribution in [0.1, 0.15) is 57.6 Å². The maximum atomic E-state index is 12.7. The van der Waals surface area contributed by atoms with Gasteiger partial charge in [-0.25, -0.2) is 8.42 Å². The van der Waals surface area contributed by atoms with Crippen molar-refractivity contribution in [1.82, 2.24) is 9.47 Å². The van der Waals surface area contributed by atoms with Crippen molar-refractivity contribution in [3.8, 4) is 0 Å². The van der Waals surface area contributed by atoms with E-state index in [1.807, 2.05) is 34.6 Å². The lowest BCUT2D eigenvalue weighted by atomic mass is 10.2. The molecule has 1 rings (SSSR count). The smallest absolute Gasteiger partial charge is 0.270 e. The maximum absolute atomic E-state index is 12.7. The molecule has 7 heteroatoms. The summed E-state index contributed by atoms with van der Waals surface area (Å²) in [6.07, 6.45) is 2.26. The average molecular weight is 335 g/mol. The summed E-state index contributed by atoms with van der Waals surface area (Å²) in [7, 11) is 1.54. The molecule has 0 N–H and O–H groups in total. The van der Waals surface area contributed by atoms with E-state index in [2.05, 4.69) is 0 Å². The van der Waals surface area contributed by atoms with Crippen LogP contribution in [0.2, 0.25) is 0 Å². The predicted molar refractivity (Wildman–Crippen MR) is 84.3 cm³/mol.